The van der Waals surface area contributed by atoms with E-state index in [2.05, 4.69) is 17.2 Å². The fraction of sp³-hybridized carbons (Fsp3) is 0.471. The van der Waals surface area contributed by atoms with Crippen LogP contribution in [-0.4, -0.2) is 23.7 Å². The van der Waals surface area contributed by atoms with Crippen LogP contribution < -0.4 is 5.32 Å². The summed E-state index contributed by atoms with van der Waals surface area (Å²) >= 11 is 0. The van der Waals surface area contributed by atoms with Crippen molar-refractivity contribution in [3.63, 3.8) is 0 Å². The van der Waals surface area contributed by atoms with Crippen molar-refractivity contribution in [3.8, 4) is 11.8 Å². The highest BCUT2D eigenvalue weighted by Gasteiger charge is 2.16. The Bertz CT molecular complexity index is 534. The third-order valence-corrected chi connectivity index (χ3v) is 3.59. The van der Waals surface area contributed by atoms with Crippen molar-refractivity contribution < 1.29 is 9.90 Å². The molecule has 1 aliphatic rings. The van der Waals surface area contributed by atoms with Gasteiger partial charge in [-0.05, 0) is 43.5 Å². The monoisotopic (exact) mass is 271 g/mol. The number of aliphatic hydroxyl groups excluding tert-OH is 1. The molecule has 0 atom stereocenters. The third-order valence-electron chi connectivity index (χ3n) is 3.59. The Labute approximate surface area is 120 Å². The van der Waals surface area contributed by atoms with Gasteiger partial charge in [-0.2, -0.15) is 0 Å². The molecule has 2 N–H and O–H groups in total. The summed E-state index contributed by atoms with van der Waals surface area (Å²) in [6, 6.07) is 5.89. The molecular formula is C17H21NO2. The minimum absolute atomic E-state index is 0.0207. The zero-order valence-corrected chi connectivity index (χ0v) is 11.9. The predicted molar refractivity (Wildman–Crippen MR) is 79.5 cm³/mol. The van der Waals surface area contributed by atoms with E-state index in [1.807, 2.05) is 19.1 Å². The molecule has 3 nitrogen and oxygen atoms in total. The van der Waals surface area contributed by atoms with Crippen molar-refractivity contribution in [2.45, 2.75) is 45.1 Å². The molecule has 2 rings (SSSR count). The first-order chi connectivity index (χ1) is 9.69. The van der Waals surface area contributed by atoms with Crippen LogP contribution in [0.4, 0.5) is 0 Å². The van der Waals surface area contributed by atoms with Crippen molar-refractivity contribution in [3.05, 3.63) is 34.9 Å². The van der Waals surface area contributed by atoms with Crippen LogP contribution in [0.1, 0.15) is 53.6 Å². The summed E-state index contributed by atoms with van der Waals surface area (Å²) in [4.78, 5) is 12.3. The second-order valence-corrected chi connectivity index (χ2v) is 5.36. The summed E-state index contributed by atoms with van der Waals surface area (Å²) in [5.74, 6) is 5.45. The molecule has 0 aromatic heterocycles. The van der Waals surface area contributed by atoms with E-state index in [4.69, 9.17) is 5.11 Å². The number of aliphatic hydroxyl groups is 1. The van der Waals surface area contributed by atoms with Gasteiger partial charge in [-0.1, -0.05) is 31.1 Å². The van der Waals surface area contributed by atoms with E-state index in [1.54, 1.807) is 6.07 Å². The maximum absolute atomic E-state index is 12.3. The first kappa shape index (κ1) is 14.6. The first-order valence-electron chi connectivity index (χ1n) is 7.21. The maximum Gasteiger partial charge on any atom is 0.251 e. The highest BCUT2D eigenvalue weighted by atomic mass is 16.2. The molecule has 20 heavy (non-hydrogen) atoms. The summed E-state index contributed by atoms with van der Waals surface area (Å²) in [6.45, 7) is 1.78. The lowest BCUT2D eigenvalue weighted by atomic mass is 9.95. The molecule has 106 valence electrons. The summed E-state index contributed by atoms with van der Waals surface area (Å²) < 4.78 is 0. The van der Waals surface area contributed by atoms with Gasteiger partial charge in [0.2, 0.25) is 0 Å². The number of rotatable bonds is 2. The van der Waals surface area contributed by atoms with E-state index in [9.17, 15) is 4.79 Å². The Morgan fingerprint density at radius 2 is 2.05 bits per heavy atom. The standard InChI is InChI=1S/C17H21NO2/c1-13-10-14(6-5-9-19)12-15(11-13)17(20)18-16-7-3-2-4-8-16/h10-12,16,19H,2-4,7-9H2,1H3,(H,18,20). The molecule has 0 unspecified atom stereocenters. The summed E-state index contributed by atoms with van der Waals surface area (Å²) in [7, 11) is 0. The van der Waals surface area contributed by atoms with Crippen LogP contribution in [0.5, 0.6) is 0 Å². The smallest absolute Gasteiger partial charge is 0.251 e. The predicted octanol–water partition coefficient (Wildman–Crippen LogP) is 2.40. The van der Waals surface area contributed by atoms with Gasteiger partial charge in [0.1, 0.15) is 6.61 Å². The SMILES string of the molecule is Cc1cc(C#CCO)cc(C(=O)NC2CCCCC2)c1. The second-order valence-electron chi connectivity index (χ2n) is 5.36. The molecule has 0 aliphatic heterocycles. The number of amides is 1. The van der Waals surface area contributed by atoms with E-state index >= 15 is 0 Å². The van der Waals surface area contributed by atoms with E-state index in [-0.39, 0.29) is 12.5 Å². The number of hydrogen-bond donors (Lipinski definition) is 2. The molecule has 0 bridgehead atoms. The van der Waals surface area contributed by atoms with E-state index in [1.165, 1.54) is 19.3 Å². The number of hydrogen-bond acceptors (Lipinski definition) is 2. The number of carbonyl (C=O) groups is 1. The fourth-order valence-electron chi connectivity index (χ4n) is 2.64. The van der Waals surface area contributed by atoms with Crippen molar-refractivity contribution in [2.75, 3.05) is 6.61 Å². The number of aryl methyl sites for hydroxylation is 1. The first-order valence-corrected chi connectivity index (χ1v) is 7.21. The Balaban J connectivity index is 2.10. The molecule has 1 fully saturated rings. The lowest BCUT2D eigenvalue weighted by Gasteiger charge is -2.22. The Morgan fingerprint density at radius 3 is 2.75 bits per heavy atom. The molecule has 0 saturated heterocycles. The molecule has 1 saturated carbocycles. The van der Waals surface area contributed by atoms with Crippen LogP contribution >= 0.6 is 0 Å². The zero-order chi connectivity index (χ0) is 14.4. The van der Waals surface area contributed by atoms with Gasteiger partial charge in [0.05, 0.1) is 0 Å². The highest BCUT2D eigenvalue weighted by molar-refractivity contribution is 5.95. The van der Waals surface area contributed by atoms with Gasteiger partial charge in [0.15, 0.2) is 0 Å². The normalized spacial score (nSPS) is 15.3. The number of benzene rings is 1. The summed E-state index contributed by atoms with van der Waals surface area (Å²) in [5.41, 5.74) is 2.43. The maximum atomic E-state index is 12.3. The quantitative estimate of drug-likeness (QED) is 0.812. The van der Waals surface area contributed by atoms with Crippen molar-refractivity contribution >= 4 is 5.91 Å². The highest BCUT2D eigenvalue weighted by Crippen LogP contribution is 2.18. The van der Waals surface area contributed by atoms with Crippen LogP contribution in [0.3, 0.4) is 0 Å². The molecule has 0 spiro atoms. The van der Waals surface area contributed by atoms with Crippen LogP contribution in [0.15, 0.2) is 18.2 Å². The third kappa shape index (κ3) is 4.11. The molecule has 1 aromatic carbocycles. The van der Waals surface area contributed by atoms with Crippen LogP contribution in [-0.2, 0) is 0 Å². The number of carbonyl (C=O) groups excluding carboxylic acids is 1. The molecular weight excluding hydrogens is 250 g/mol. The van der Waals surface area contributed by atoms with E-state index < -0.39 is 0 Å². The minimum atomic E-state index is -0.169. The lowest BCUT2D eigenvalue weighted by Crippen LogP contribution is -2.36. The topological polar surface area (TPSA) is 49.3 Å². The summed E-state index contributed by atoms with van der Waals surface area (Å²) in [6.07, 6.45) is 5.83. The van der Waals surface area contributed by atoms with E-state index in [0.29, 0.717) is 11.6 Å². The van der Waals surface area contributed by atoms with Gasteiger partial charge in [-0.3, -0.25) is 4.79 Å². The summed E-state index contributed by atoms with van der Waals surface area (Å²) in [5, 5.41) is 11.8. The minimum Gasteiger partial charge on any atom is -0.384 e. The van der Waals surface area contributed by atoms with Gasteiger partial charge in [0.25, 0.3) is 5.91 Å². The largest absolute Gasteiger partial charge is 0.384 e. The average molecular weight is 271 g/mol. The van der Waals surface area contributed by atoms with Crippen LogP contribution in [0, 0.1) is 18.8 Å². The zero-order valence-electron chi connectivity index (χ0n) is 11.9. The second kappa shape index (κ2) is 7.12. The Kier molecular flexibility index (Phi) is 5.20. The number of nitrogens with one attached hydrogen (secondary N) is 1. The molecule has 3 heteroatoms. The van der Waals surface area contributed by atoms with Crippen LogP contribution in [0.25, 0.3) is 0 Å². The van der Waals surface area contributed by atoms with Crippen molar-refractivity contribution in [2.24, 2.45) is 0 Å². The Hall–Kier alpha value is -1.79. The van der Waals surface area contributed by atoms with Crippen molar-refractivity contribution in [1.82, 2.24) is 5.32 Å². The Morgan fingerprint density at radius 1 is 1.30 bits per heavy atom. The molecule has 1 aromatic rings. The van der Waals surface area contributed by atoms with Crippen molar-refractivity contribution in [1.29, 1.82) is 0 Å². The van der Waals surface area contributed by atoms with Gasteiger partial charge < -0.3 is 10.4 Å². The lowest BCUT2D eigenvalue weighted by molar-refractivity contribution is 0.0927. The van der Waals surface area contributed by atoms with Gasteiger partial charge in [0, 0.05) is 17.2 Å². The fourth-order valence-corrected chi connectivity index (χ4v) is 2.64. The van der Waals surface area contributed by atoms with Gasteiger partial charge in [-0.15, -0.1) is 0 Å². The van der Waals surface area contributed by atoms with E-state index in [0.717, 1.165) is 24.0 Å². The van der Waals surface area contributed by atoms with Gasteiger partial charge >= 0.3 is 0 Å². The molecule has 0 heterocycles. The van der Waals surface area contributed by atoms with Gasteiger partial charge in [-0.25, -0.2) is 0 Å². The average Bonchev–Trinajstić information content (AvgIpc) is 2.45. The van der Waals surface area contributed by atoms with Crippen LogP contribution in [0.2, 0.25) is 0 Å². The molecule has 1 amide bonds. The molecule has 0 radical (unpaired) electrons. The molecule has 1 aliphatic carbocycles.